The van der Waals surface area contributed by atoms with Crippen LogP contribution in [-0.4, -0.2) is 55.0 Å². The largest absolute Gasteiger partial charge is 0.362 e. The molecule has 1 amide bonds. The molecule has 4 nitrogen and oxygen atoms in total. The van der Waals surface area contributed by atoms with E-state index in [0.29, 0.717) is 26.2 Å². The summed E-state index contributed by atoms with van der Waals surface area (Å²) in [6, 6.07) is 15.3. The molecule has 2 heterocycles. The van der Waals surface area contributed by atoms with Crippen LogP contribution in [0.3, 0.4) is 0 Å². The Morgan fingerprint density at radius 3 is 2.48 bits per heavy atom. The van der Waals surface area contributed by atoms with Crippen LogP contribution in [0, 0.1) is 5.82 Å². The molecule has 0 N–H and O–H groups in total. The number of piperazine rings is 1. The van der Waals surface area contributed by atoms with Crippen molar-refractivity contribution in [2.45, 2.75) is 19.4 Å². The second-order valence-electron chi connectivity index (χ2n) is 7.40. The summed E-state index contributed by atoms with van der Waals surface area (Å²) in [5.74, 6) is 0.0389. The SMILES string of the molecule is O=C(CN1CCCc2ccccc21)N1CCN(Cc2ccccc2F)CC1. The van der Waals surface area contributed by atoms with Crippen molar-refractivity contribution in [2.24, 2.45) is 0 Å². The molecule has 142 valence electrons. The molecule has 0 unspecified atom stereocenters. The van der Waals surface area contributed by atoms with Gasteiger partial charge in [0.25, 0.3) is 0 Å². The topological polar surface area (TPSA) is 26.8 Å². The molecule has 1 fully saturated rings. The first kappa shape index (κ1) is 18.0. The minimum Gasteiger partial charge on any atom is -0.362 e. The third-order valence-corrected chi connectivity index (χ3v) is 5.61. The monoisotopic (exact) mass is 367 g/mol. The van der Waals surface area contributed by atoms with E-state index in [1.165, 1.54) is 17.3 Å². The number of halogens is 1. The number of amides is 1. The number of hydrogen-bond donors (Lipinski definition) is 0. The van der Waals surface area contributed by atoms with Gasteiger partial charge in [-0.15, -0.1) is 0 Å². The van der Waals surface area contributed by atoms with Crippen LogP contribution in [0.2, 0.25) is 0 Å². The first-order valence-electron chi connectivity index (χ1n) is 9.77. The fraction of sp³-hybridized carbons (Fsp3) is 0.409. The molecule has 2 aromatic rings. The van der Waals surface area contributed by atoms with Gasteiger partial charge in [0.1, 0.15) is 5.82 Å². The van der Waals surface area contributed by atoms with Crippen LogP contribution in [0.1, 0.15) is 17.5 Å². The van der Waals surface area contributed by atoms with E-state index in [1.807, 2.05) is 23.1 Å². The molecule has 5 heteroatoms. The maximum atomic E-state index is 13.8. The van der Waals surface area contributed by atoms with E-state index in [9.17, 15) is 9.18 Å². The van der Waals surface area contributed by atoms with Crippen molar-refractivity contribution in [3.63, 3.8) is 0 Å². The highest BCUT2D eigenvalue weighted by molar-refractivity contribution is 5.82. The molecule has 2 aromatic carbocycles. The van der Waals surface area contributed by atoms with Crippen LogP contribution in [-0.2, 0) is 17.8 Å². The number of hydrogen-bond acceptors (Lipinski definition) is 3. The number of fused-ring (bicyclic) bond motifs is 1. The van der Waals surface area contributed by atoms with Crippen LogP contribution < -0.4 is 4.90 Å². The molecule has 0 atom stereocenters. The maximum Gasteiger partial charge on any atom is 0.242 e. The van der Waals surface area contributed by atoms with Gasteiger partial charge in [0.15, 0.2) is 0 Å². The molecule has 4 rings (SSSR count). The quantitative estimate of drug-likeness (QED) is 0.831. The average Bonchev–Trinajstić information content (AvgIpc) is 2.70. The highest BCUT2D eigenvalue weighted by Crippen LogP contribution is 2.26. The van der Waals surface area contributed by atoms with Crippen molar-refractivity contribution in [1.82, 2.24) is 9.80 Å². The number of aryl methyl sites for hydroxylation is 1. The van der Waals surface area contributed by atoms with Crippen LogP contribution in [0.25, 0.3) is 0 Å². The number of rotatable bonds is 4. The van der Waals surface area contributed by atoms with Gasteiger partial charge in [-0.1, -0.05) is 36.4 Å². The Kier molecular flexibility index (Phi) is 5.39. The minimum absolute atomic E-state index is 0.153. The Hall–Kier alpha value is -2.40. The summed E-state index contributed by atoms with van der Waals surface area (Å²) in [7, 11) is 0. The molecule has 0 radical (unpaired) electrons. The first-order chi connectivity index (χ1) is 13.2. The highest BCUT2D eigenvalue weighted by Gasteiger charge is 2.25. The van der Waals surface area contributed by atoms with E-state index in [2.05, 4.69) is 28.0 Å². The van der Waals surface area contributed by atoms with Gasteiger partial charge < -0.3 is 9.80 Å². The Bertz CT molecular complexity index is 802. The van der Waals surface area contributed by atoms with Crippen molar-refractivity contribution in [2.75, 3.05) is 44.2 Å². The summed E-state index contributed by atoms with van der Waals surface area (Å²) in [6.07, 6.45) is 2.19. The van der Waals surface area contributed by atoms with Crippen molar-refractivity contribution >= 4 is 11.6 Å². The molecule has 0 spiro atoms. The average molecular weight is 367 g/mol. The van der Waals surface area contributed by atoms with E-state index in [4.69, 9.17) is 0 Å². The number of carbonyl (C=O) groups excluding carboxylic acids is 1. The fourth-order valence-corrected chi connectivity index (χ4v) is 4.06. The first-order valence-corrected chi connectivity index (χ1v) is 9.77. The Morgan fingerprint density at radius 2 is 1.67 bits per heavy atom. The second-order valence-corrected chi connectivity index (χ2v) is 7.40. The van der Waals surface area contributed by atoms with Gasteiger partial charge in [-0.25, -0.2) is 4.39 Å². The lowest BCUT2D eigenvalue weighted by molar-refractivity contribution is -0.131. The molecular weight excluding hydrogens is 341 g/mol. The maximum absolute atomic E-state index is 13.8. The molecule has 27 heavy (non-hydrogen) atoms. The summed E-state index contributed by atoms with van der Waals surface area (Å²) in [4.78, 5) is 19.2. The molecule has 1 saturated heterocycles. The second kappa shape index (κ2) is 8.09. The van der Waals surface area contributed by atoms with Gasteiger partial charge >= 0.3 is 0 Å². The van der Waals surface area contributed by atoms with Gasteiger partial charge in [0.05, 0.1) is 6.54 Å². The Labute approximate surface area is 160 Å². The molecule has 0 aromatic heterocycles. The fourth-order valence-electron chi connectivity index (χ4n) is 4.06. The third kappa shape index (κ3) is 4.14. The van der Waals surface area contributed by atoms with Crippen molar-refractivity contribution in [3.8, 4) is 0 Å². The molecular formula is C22H26FN3O. The summed E-state index contributed by atoms with van der Waals surface area (Å²) >= 11 is 0. The predicted molar refractivity (Wildman–Crippen MR) is 105 cm³/mol. The van der Waals surface area contributed by atoms with Crippen LogP contribution in [0.15, 0.2) is 48.5 Å². The van der Waals surface area contributed by atoms with Gasteiger partial charge in [-0.2, -0.15) is 0 Å². The van der Waals surface area contributed by atoms with Crippen LogP contribution in [0.4, 0.5) is 10.1 Å². The van der Waals surface area contributed by atoms with E-state index in [0.717, 1.165) is 38.0 Å². The predicted octanol–water partition coefficient (Wildman–Crippen LogP) is 2.92. The summed E-state index contributed by atoms with van der Waals surface area (Å²) in [5, 5.41) is 0. The minimum atomic E-state index is -0.153. The number of anilines is 1. The normalized spacial score (nSPS) is 17.7. The van der Waals surface area contributed by atoms with Crippen molar-refractivity contribution < 1.29 is 9.18 Å². The highest BCUT2D eigenvalue weighted by atomic mass is 19.1. The lowest BCUT2D eigenvalue weighted by Crippen LogP contribution is -2.51. The molecule has 2 aliphatic heterocycles. The van der Waals surface area contributed by atoms with E-state index in [1.54, 1.807) is 6.07 Å². The third-order valence-electron chi connectivity index (χ3n) is 5.61. The number of benzene rings is 2. The number of nitrogens with zero attached hydrogens (tertiary/aromatic N) is 3. The van der Waals surface area contributed by atoms with Gasteiger partial charge in [-0.05, 0) is 30.5 Å². The smallest absolute Gasteiger partial charge is 0.242 e. The van der Waals surface area contributed by atoms with Gasteiger partial charge in [-0.3, -0.25) is 9.69 Å². The molecule has 0 bridgehead atoms. The summed E-state index contributed by atoms with van der Waals surface area (Å²) < 4.78 is 13.8. The van der Waals surface area contributed by atoms with Crippen molar-refractivity contribution in [3.05, 3.63) is 65.5 Å². The van der Waals surface area contributed by atoms with E-state index >= 15 is 0 Å². The standard InChI is InChI=1S/C22H26FN3O/c23-20-9-3-1-7-19(20)16-24-12-14-25(15-13-24)22(27)17-26-11-5-8-18-6-2-4-10-21(18)26/h1-4,6-7,9-10H,5,8,11-17H2. The van der Waals surface area contributed by atoms with Crippen LogP contribution in [0.5, 0.6) is 0 Å². The van der Waals surface area contributed by atoms with Gasteiger partial charge in [0, 0.05) is 50.5 Å². The zero-order chi connectivity index (χ0) is 18.6. The zero-order valence-corrected chi connectivity index (χ0v) is 15.6. The van der Waals surface area contributed by atoms with E-state index < -0.39 is 0 Å². The Morgan fingerprint density at radius 1 is 0.926 bits per heavy atom. The van der Waals surface area contributed by atoms with Gasteiger partial charge in [0.2, 0.25) is 5.91 Å². The molecule has 0 saturated carbocycles. The summed E-state index contributed by atoms with van der Waals surface area (Å²) in [6.45, 7) is 4.99. The van der Waals surface area contributed by atoms with Crippen molar-refractivity contribution in [1.29, 1.82) is 0 Å². The molecule has 0 aliphatic carbocycles. The number of para-hydroxylation sites is 1. The van der Waals surface area contributed by atoms with E-state index in [-0.39, 0.29) is 11.7 Å². The van der Waals surface area contributed by atoms with Crippen LogP contribution >= 0.6 is 0 Å². The lowest BCUT2D eigenvalue weighted by Gasteiger charge is -2.37. The Balaban J connectivity index is 1.31. The zero-order valence-electron chi connectivity index (χ0n) is 15.6. The molecule has 2 aliphatic rings. The lowest BCUT2D eigenvalue weighted by atomic mass is 10.0. The number of carbonyl (C=O) groups is 1. The summed E-state index contributed by atoms with van der Waals surface area (Å²) in [5.41, 5.74) is 3.27.